The monoisotopic (exact) mass is 420 g/mol. The lowest BCUT2D eigenvalue weighted by molar-refractivity contribution is -0.132. The summed E-state index contributed by atoms with van der Waals surface area (Å²) in [6.45, 7) is 0.154. The van der Waals surface area contributed by atoms with Crippen molar-refractivity contribution in [1.29, 1.82) is 0 Å². The van der Waals surface area contributed by atoms with Crippen molar-refractivity contribution in [2.75, 3.05) is 13.1 Å². The number of fused-ring (bicyclic) bond motifs is 1. The zero-order chi connectivity index (χ0) is 20.0. The summed E-state index contributed by atoms with van der Waals surface area (Å²) in [4.78, 5) is 40.6. The van der Waals surface area contributed by atoms with E-state index in [1.54, 1.807) is 17.0 Å². The van der Waals surface area contributed by atoms with Crippen LogP contribution in [0.4, 0.5) is 4.39 Å². The summed E-state index contributed by atoms with van der Waals surface area (Å²) in [7, 11) is 0. The summed E-state index contributed by atoms with van der Waals surface area (Å²) < 4.78 is 13.2. The fraction of sp³-hybridized carbons (Fsp3) is 0.250. The number of halogens is 3. The van der Waals surface area contributed by atoms with Gasteiger partial charge in [-0.1, -0.05) is 35.3 Å². The Balaban J connectivity index is 1.54. The second-order valence-electron chi connectivity index (χ2n) is 6.81. The highest BCUT2D eigenvalue weighted by Crippen LogP contribution is 2.34. The molecule has 28 heavy (non-hydrogen) atoms. The van der Waals surface area contributed by atoms with Crippen LogP contribution in [-0.4, -0.2) is 40.6 Å². The topological polar surface area (TPSA) is 57.7 Å². The van der Waals surface area contributed by atoms with Crippen LogP contribution in [0.2, 0.25) is 10.0 Å². The molecule has 1 atom stereocenters. The van der Waals surface area contributed by atoms with E-state index < -0.39 is 11.8 Å². The minimum Gasteiger partial charge on any atom is -0.334 e. The van der Waals surface area contributed by atoms with Gasteiger partial charge in [0.2, 0.25) is 5.91 Å². The van der Waals surface area contributed by atoms with Crippen molar-refractivity contribution >= 4 is 40.9 Å². The average molecular weight is 421 g/mol. The molecule has 0 spiro atoms. The molecule has 1 unspecified atom stereocenters. The van der Waals surface area contributed by atoms with Gasteiger partial charge < -0.3 is 4.90 Å². The van der Waals surface area contributed by atoms with Crippen LogP contribution in [0, 0.1) is 5.82 Å². The van der Waals surface area contributed by atoms with Gasteiger partial charge in [0.25, 0.3) is 11.8 Å². The molecule has 0 aliphatic carbocycles. The van der Waals surface area contributed by atoms with Crippen LogP contribution in [0.1, 0.15) is 45.2 Å². The Morgan fingerprint density at radius 3 is 2.18 bits per heavy atom. The second-order valence-corrected chi connectivity index (χ2v) is 7.62. The normalized spacial score (nSPS) is 18.8. The van der Waals surface area contributed by atoms with Crippen LogP contribution in [0.25, 0.3) is 0 Å². The predicted molar refractivity (Wildman–Crippen MR) is 102 cm³/mol. The first-order chi connectivity index (χ1) is 13.4. The number of hydrogen-bond donors (Lipinski definition) is 0. The van der Waals surface area contributed by atoms with Gasteiger partial charge >= 0.3 is 0 Å². The molecule has 8 heteroatoms. The van der Waals surface area contributed by atoms with Crippen molar-refractivity contribution in [2.24, 2.45) is 0 Å². The highest BCUT2D eigenvalue weighted by Gasteiger charge is 2.39. The number of carbonyl (C=O) groups excluding carboxylic acids is 3. The fourth-order valence-electron chi connectivity index (χ4n) is 3.75. The van der Waals surface area contributed by atoms with Crippen molar-refractivity contribution in [2.45, 2.75) is 18.9 Å². The zero-order valence-corrected chi connectivity index (χ0v) is 16.1. The van der Waals surface area contributed by atoms with Crippen LogP contribution in [0.3, 0.4) is 0 Å². The summed E-state index contributed by atoms with van der Waals surface area (Å²) in [5.74, 6) is -1.81. The molecule has 144 valence electrons. The number of amides is 3. The maximum Gasteiger partial charge on any atom is 0.262 e. The molecule has 4 rings (SSSR count). The van der Waals surface area contributed by atoms with Gasteiger partial charge in [0.1, 0.15) is 12.4 Å². The molecule has 1 saturated heterocycles. The Hall–Kier alpha value is -2.44. The number of nitrogens with zero attached hydrogens (tertiary/aromatic N) is 2. The Labute approximate surface area is 170 Å². The van der Waals surface area contributed by atoms with E-state index in [9.17, 15) is 18.8 Å². The maximum absolute atomic E-state index is 13.2. The van der Waals surface area contributed by atoms with E-state index in [0.717, 1.165) is 23.3 Å². The number of likely N-dealkylation sites (tertiary alicyclic amines) is 1. The number of benzene rings is 2. The average Bonchev–Trinajstić information content (AvgIpc) is 3.24. The van der Waals surface area contributed by atoms with E-state index in [1.165, 1.54) is 24.3 Å². The van der Waals surface area contributed by atoms with Crippen molar-refractivity contribution in [3.8, 4) is 0 Å². The van der Waals surface area contributed by atoms with Gasteiger partial charge in [-0.15, -0.1) is 0 Å². The summed E-state index contributed by atoms with van der Waals surface area (Å²) in [5.41, 5.74) is 1.11. The van der Waals surface area contributed by atoms with Gasteiger partial charge in [0, 0.05) is 6.54 Å². The summed E-state index contributed by atoms with van der Waals surface area (Å²) in [6.07, 6.45) is 1.53. The van der Waals surface area contributed by atoms with Gasteiger partial charge in [-0.25, -0.2) is 4.39 Å². The molecule has 2 aromatic rings. The first kappa shape index (κ1) is 18.9. The van der Waals surface area contributed by atoms with Gasteiger partial charge in [-0.2, -0.15) is 0 Å². The van der Waals surface area contributed by atoms with Crippen LogP contribution in [0.15, 0.2) is 36.4 Å². The first-order valence-electron chi connectivity index (χ1n) is 8.77. The molecule has 1 fully saturated rings. The Bertz CT molecular complexity index is 953. The quantitative estimate of drug-likeness (QED) is 0.702. The van der Waals surface area contributed by atoms with Crippen molar-refractivity contribution in [3.05, 3.63) is 69.0 Å². The molecule has 0 N–H and O–H groups in total. The molecule has 0 radical (unpaired) electrons. The van der Waals surface area contributed by atoms with E-state index in [0.29, 0.717) is 6.54 Å². The molecular formula is C20H15Cl2FN2O3. The van der Waals surface area contributed by atoms with E-state index in [1.807, 2.05) is 0 Å². The Morgan fingerprint density at radius 2 is 1.61 bits per heavy atom. The molecule has 2 aromatic carbocycles. The van der Waals surface area contributed by atoms with E-state index >= 15 is 0 Å². The number of rotatable bonds is 3. The minimum absolute atomic E-state index is 0.142. The van der Waals surface area contributed by atoms with Crippen LogP contribution >= 0.6 is 23.2 Å². The molecule has 0 bridgehead atoms. The molecule has 3 amide bonds. The number of carbonyl (C=O) groups is 3. The first-order valence-corrected chi connectivity index (χ1v) is 9.52. The van der Waals surface area contributed by atoms with Gasteiger partial charge in [0.05, 0.1) is 27.2 Å². The lowest BCUT2D eigenvalue weighted by Gasteiger charge is -2.27. The molecule has 2 aliphatic heterocycles. The van der Waals surface area contributed by atoms with Crippen molar-refractivity contribution < 1.29 is 18.8 Å². The van der Waals surface area contributed by atoms with E-state index in [-0.39, 0.29) is 45.5 Å². The fourth-order valence-corrected chi connectivity index (χ4v) is 4.08. The molecule has 5 nitrogen and oxygen atoms in total. The molecular weight excluding hydrogens is 406 g/mol. The summed E-state index contributed by atoms with van der Waals surface area (Å²) >= 11 is 11.9. The van der Waals surface area contributed by atoms with E-state index in [2.05, 4.69) is 0 Å². The largest absolute Gasteiger partial charge is 0.334 e. The SMILES string of the molecule is O=C1c2cc(Cl)c(Cl)cc2C(=O)N1CC(=O)N1CCCC1c1ccc(F)cc1. The van der Waals surface area contributed by atoms with E-state index in [4.69, 9.17) is 23.2 Å². The van der Waals surface area contributed by atoms with Gasteiger partial charge in [-0.05, 0) is 42.7 Å². The van der Waals surface area contributed by atoms with Crippen molar-refractivity contribution in [3.63, 3.8) is 0 Å². The third-order valence-electron chi connectivity index (χ3n) is 5.13. The molecule has 2 heterocycles. The maximum atomic E-state index is 13.2. The predicted octanol–water partition coefficient (Wildman–Crippen LogP) is 4.09. The smallest absolute Gasteiger partial charge is 0.262 e. The number of hydrogen-bond acceptors (Lipinski definition) is 3. The highest BCUT2D eigenvalue weighted by molar-refractivity contribution is 6.43. The van der Waals surface area contributed by atoms with Crippen LogP contribution < -0.4 is 0 Å². The Morgan fingerprint density at radius 1 is 1.04 bits per heavy atom. The molecule has 0 aromatic heterocycles. The van der Waals surface area contributed by atoms with Gasteiger partial charge in [0.15, 0.2) is 0 Å². The molecule has 0 saturated carbocycles. The third-order valence-corrected chi connectivity index (χ3v) is 5.86. The summed E-state index contributed by atoms with van der Waals surface area (Å²) in [6, 6.07) is 8.51. The van der Waals surface area contributed by atoms with Crippen LogP contribution in [-0.2, 0) is 4.79 Å². The minimum atomic E-state index is -0.565. The number of imide groups is 1. The second kappa shape index (κ2) is 7.18. The zero-order valence-electron chi connectivity index (χ0n) is 14.6. The third kappa shape index (κ3) is 3.16. The Kier molecular flexibility index (Phi) is 4.85. The molecule has 2 aliphatic rings. The standard InChI is InChI=1S/C20H15Cl2FN2O3/c21-15-8-13-14(9-16(15)22)20(28)25(19(13)27)10-18(26)24-7-1-2-17(24)11-3-5-12(23)6-4-11/h3-6,8-9,17H,1-2,7,10H2. The van der Waals surface area contributed by atoms with Crippen molar-refractivity contribution in [1.82, 2.24) is 9.80 Å². The van der Waals surface area contributed by atoms with Gasteiger partial charge in [-0.3, -0.25) is 19.3 Å². The highest BCUT2D eigenvalue weighted by atomic mass is 35.5. The summed E-state index contributed by atoms with van der Waals surface area (Å²) in [5, 5.41) is 0.344. The lowest BCUT2D eigenvalue weighted by atomic mass is 10.0. The lowest BCUT2D eigenvalue weighted by Crippen LogP contribution is -2.42. The van der Waals surface area contributed by atoms with Crippen LogP contribution in [0.5, 0.6) is 0 Å².